The Morgan fingerprint density at radius 1 is 0.343 bits per heavy atom. The van der Waals surface area contributed by atoms with Crippen molar-refractivity contribution in [3.05, 3.63) is 271 Å². The summed E-state index contributed by atoms with van der Waals surface area (Å²) in [6, 6.07) is 63.6. The van der Waals surface area contributed by atoms with Crippen molar-refractivity contribution < 1.29 is 43.3 Å². The Bertz CT molecular complexity index is 4640. The van der Waals surface area contributed by atoms with Crippen molar-refractivity contribution in [2.45, 2.75) is 164 Å². The van der Waals surface area contributed by atoms with E-state index in [4.69, 9.17) is 69.3 Å². The van der Waals surface area contributed by atoms with Crippen molar-refractivity contribution in [3.8, 4) is 0 Å². The number of sulfonamides is 4. The summed E-state index contributed by atoms with van der Waals surface area (Å²) in [7, 11) is -14.0. The van der Waals surface area contributed by atoms with E-state index in [1.165, 1.54) is 0 Å². The van der Waals surface area contributed by atoms with Crippen molar-refractivity contribution in [2.24, 2.45) is 22.9 Å². The molecule has 12 N–H and O–H groups in total. The van der Waals surface area contributed by atoms with Crippen LogP contribution in [0.5, 0.6) is 0 Å². The number of rotatable bonds is 23. The van der Waals surface area contributed by atoms with E-state index in [-0.39, 0.29) is 63.9 Å². The molecule has 0 atom stereocenters. The van der Waals surface area contributed by atoms with Gasteiger partial charge in [0.25, 0.3) is 11.8 Å². The first-order chi connectivity index (χ1) is 51.6. The summed E-state index contributed by atoms with van der Waals surface area (Å²) in [6.07, 6.45) is 12.4. The van der Waals surface area contributed by atoms with Crippen molar-refractivity contribution in [1.82, 2.24) is 23.8 Å². The summed E-state index contributed by atoms with van der Waals surface area (Å²) < 4.78 is 112. The molecule has 0 radical (unpaired) electrons. The fourth-order valence-electron chi connectivity index (χ4n) is 15.7. The molecule has 8 aromatic carbocycles. The minimum Gasteiger partial charge on any atom is -0.330 e. The molecule has 1 heterocycles. The summed E-state index contributed by atoms with van der Waals surface area (Å²) in [5.74, 6) is -1.22. The van der Waals surface area contributed by atoms with Gasteiger partial charge < -0.3 is 22.9 Å². The molecule has 108 heavy (non-hydrogen) atoms. The standard InChI is InChI=1S/C23H26ClN3O4S.C20H25ClN2O2S.2C19H23ClN2O2S/c24-17-5-3-4-16(14-17)23(15-25)10-8-18(9-11-23)26-32(30,31)13-12-27-21(28)19-6-1-2-7-20(19)22(27)29;21-18-8-4-7-17(13-18)20(15-22)11-9-19(10-12-20)23-26(24,25)14-16-5-2-1-3-6-16;2*20-16-6-4-5-15(13-16)19(14-21)11-9-17(10-12-19)22-25(23,24)18-7-2-1-3-8-18/h1-7,14,18,26H,8-13,15,25H2;1-8,13,19,23H,9-12,14-15,22H2;2*1-8,13,17,22H,9-12,14,21H2. The highest BCUT2D eigenvalue weighted by molar-refractivity contribution is 7.90. The van der Waals surface area contributed by atoms with Crippen LogP contribution < -0.4 is 41.8 Å². The van der Waals surface area contributed by atoms with Crippen LogP contribution in [0.15, 0.2) is 222 Å². The van der Waals surface area contributed by atoms with Gasteiger partial charge in [0.15, 0.2) is 0 Å². The summed E-state index contributed by atoms with van der Waals surface area (Å²) in [5.41, 5.74) is 29.8. The molecule has 0 saturated heterocycles. The van der Waals surface area contributed by atoms with Gasteiger partial charge >= 0.3 is 0 Å². The SMILES string of the molecule is NCC1(c2cccc(Cl)c2)CCC(NS(=O)(=O)CCN2C(=O)c3ccccc3C2=O)CC1.NCC1(c2cccc(Cl)c2)CCC(NS(=O)(=O)Cc2ccccc2)CC1.NCC1(c2cccc(Cl)c2)CCC(NS(=O)(=O)c2ccccc2)CC1.NCC1(c2cccc(Cl)c2)CCC(NS(=O)(=O)c2ccccc2)CC1. The largest absolute Gasteiger partial charge is 0.330 e. The molecule has 578 valence electrons. The number of hydrogen-bond acceptors (Lipinski definition) is 14. The Balaban J connectivity index is 0.000000155. The molecule has 2 amide bonds. The molecule has 4 fully saturated rings. The van der Waals surface area contributed by atoms with Gasteiger partial charge in [-0.2, -0.15) is 0 Å². The Morgan fingerprint density at radius 2 is 0.611 bits per heavy atom. The molecule has 0 aromatic heterocycles. The van der Waals surface area contributed by atoms with E-state index >= 15 is 0 Å². The second-order valence-electron chi connectivity index (χ2n) is 29.1. The minimum absolute atomic E-state index is 0.0145. The van der Waals surface area contributed by atoms with E-state index < -0.39 is 51.9 Å². The fraction of sp³-hybridized carbons (Fsp3) is 0.383. The first kappa shape index (κ1) is 84.0. The van der Waals surface area contributed by atoms with E-state index in [2.05, 4.69) is 37.1 Å². The molecule has 4 aliphatic carbocycles. The topological polar surface area (TPSA) is 326 Å². The fourth-order valence-corrected chi connectivity index (χ4v) is 21.9. The van der Waals surface area contributed by atoms with Crippen molar-refractivity contribution in [3.63, 3.8) is 0 Å². The van der Waals surface area contributed by atoms with Crippen molar-refractivity contribution >= 4 is 98.3 Å². The van der Waals surface area contributed by atoms with Crippen LogP contribution in [-0.2, 0) is 67.5 Å². The smallest absolute Gasteiger partial charge is 0.261 e. The number of nitrogens with one attached hydrogen (secondary N) is 4. The second-order valence-corrected chi connectivity index (χ2v) is 37.9. The Hall–Kier alpha value is -6.46. The number of halogens is 4. The summed E-state index contributed by atoms with van der Waals surface area (Å²) >= 11 is 24.6. The third-order valence-corrected chi connectivity index (χ3v) is 29.0. The third kappa shape index (κ3) is 21.6. The molecule has 19 nitrogen and oxygen atoms in total. The van der Waals surface area contributed by atoms with E-state index in [1.807, 2.05) is 109 Å². The first-order valence-corrected chi connectivity index (χ1v) is 44.3. The number of benzene rings is 8. The highest BCUT2D eigenvalue weighted by Gasteiger charge is 2.42. The van der Waals surface area contributed by atoms with E-state index in [0.717, 1.165) is 123 Å². The van der Waals surface area contributed by atoms with E-state index in [9.17, 15) is 43.3 Å². The van der Waals surface area contributed by atoms with E-state index in [0.29, 0.717) is 80.0 Å². The minimum atomic E-state index is -3.67. The third-order valence-electron chi connectivity index (χ3n) is 22.2. The van der Waals surface area contributed by atoms with Crippen LogP contribution in [0.2, 0.25) is 20.1 Å². The van der Waals surface area contributed by atoms with Gasteiger partial charge in [-0.15, -0.1) is 0 Å². The maximum absolute atomic E-state index is 12.7. The quantitative estimate of drug-likeness (QED) is 0.0276. The van der Waals surface area contributed by atoms with Gasteiger partial charge in [0.1, 0.15) is 0 Å². The Morgan fingerprint density at radius 3 is 0.898 bits per heavy atom. The van der Waals surface area contributed by atoms with E-state index in [1.54, 1.807) is 84.9 Å². The monoisotopic (exact) mass is 1620 g/mol. The zero-order chi connectivity index (χ0) is 77.4. The molecule has 4 saturated carbocycles. The molecular weight excluding hydrogens is 1530 g/mol. The molecule has 0 unspecified atom stereocenters. The predicted molar refractivity (Wildman–Crippen MR) is 432 cm³/mol. The lowest BCUT2D eigenvalue weighted by molar-refractivity contribution is 0.0663. The van der Waals surface area contributed by atoms with Gasteiger partial charge in [-0.25, -0.2) is 52.6 Å². The molecule has 27 heteroatoms. The number of nitrogens with two attached hydrogens (primary N) is 4. The van der Waals surface area contributed by atoms with Crippen LogP contribution >= 0.6 is 46.4 Å². The number of nitrogens with zero attached hydrogens (tertiary/aromatic N) is 1. The van der Waals surface area contributed by atoms with Crippen LogP contribution in [0, 0.1) is 0 Å². The normalized spacial score (nSPS) is 23.8. The van der Waals surface area contributed by atoms with Gasteiger partial charge in [0.05, 0.1) is 32.4 Å². The maximum Gasteiger partial charge on any atom is 0.261 e. The molecule has 1 aliphatic heterocycles. The Kier molecular flexibility index (Phi) is 29.0. The highest BCUT2D eigenvalue weighted by atomic mass is 35.5. The Labute approximate surface area is 657 Å². The highest BCUT2D eigenvalue weighted by Crippen LogP contribution is 2.44. The van der Waals surface area contributed by atoms with Gasteiger partial charge in [-0.05, 0) is 215 Å². The molecule has 0 spiro atoms. The number of amides is 2. The van der Waals surface area contributed by atoms with Gasteiger partial charge in [-0.3, -0.25) is 14.5 Å². The number of imide groups is 1. The molecule has 0 bridgehead atoms. The van der Waals surface area contributed by atoms with Gasteiger partial charge in [0.2, 0.25) is 40.1 Å². The predicted octanol–water partition coefficient (Wildman–Crippen LogP) is 13.2. The lowest BCUT2D eigenvalue weighted by Gasteiger charge is -2.40. The molecule has 8 aromatic rings. The van der Waals surface area contributed by atoms with Crippen molar-refractivity contribution in [1.29, 1.82) is 0 Å². The maximum atomic E-state index is 12.7. The zero-order valence-corrected chi connectivity index (χ0v) is 66.6. The second kappa shape index (κ2) is 37.2. The summed E-state index contributed by atoms with van der Waals surface area (Å²) in [4.78, 5) is 26.5. The van der Waals surface area contributed by atoms with Gasteiger partial charge in [-0.1, -0.05) is 174 Å². The molecular formula is C81H97Cl4N9O10S4. The van der Waals surface area contributed by atoms with Crippen LogP contribution in [-0.4, -0.2) is 113 Å². The lowest BCUT2D eigenvalue weighted by atomic mass is 9.68. The average Bonchev–Trinajstić information content (AvgIpc) is 1.52. The zero-order valence-electron chi connectivity index (χ0n) is 60.3. The van der Waals surface area contributed by atoms with Crippen LogP contribution in [0.4, 0.5) is 0 Å². The number of hydrogen-bond donors (Lipinski definition) is 8. The molecule has 13 rings (SSSR count). The molecule has 5 aliphatic rings. The van der Waals surface area contributed by atoms with Crippen LogP contribution in [0.25, 0.3) is 0 Å². The number of carbonyl (C=O) groups is 2. The van der Waals surface area contributed by atoms with Crippen molar-refractivity contribution in [2.75, 3.05) is 38.5 Å². The number of fused-ring (bicyclic) bond motifs is 1. The summed E-state index contributed by atoms with van der Waals surface area (Å²) in [6.45, 7) is 1.89. The lowest BCUT2D eigenvalue weighted by Crippen LogP contribution is -2.46. The van der Waals surface area contributed by atoms with Crippen LogP contribution in [0.3, 0.4) is 0 Å². The summed E-state index contributed by atoms with van der Waals surface area (Å²) in [5, 5.41) is 2.78. The van der Waals surface area contributed by atoms with Crippen LogP contribution in [0.1, 0.15) is 151 Å². The number of carbonyl (C=O) groups excluding carboxylic acids is 2. The van der Waals surface area contributed by atoms with Gasteiger partial charge in [0, 0.05) is 98.6 Å². The average molecular weight is 1630 g/mol. The first-order valence-electron chi connectivity index (χ1n) is 36.6.